The molecule has 0 aliphatic heterocycles. The van der Waals surface area contributed by atoms with Gasteiger partial charge in [0.15, 0.2) is 0 Å². The van der Waals surface area contributed by atoms with Gasteiger partial charge in [-0.1, -0.05) is 27.2 Å². The van der Waals surface area contributed by atoms with E-state index in [1.54, 1.807) is 0 Å². The Hall–Kier alpha value is 0.0569. The average Bonchev–Trinajstić information content (AvgIpc) is 2.46. The van der Waals surface area contributed by atoms with E-state index in [9.17, 15) is 0 Å². The summed E-state index contributed by atoms with van der Waals surface area (Å²) in [6.07, 6.45) is 5.49. The van der Waals surface area contributed by atoms with Crippen LogP contribution < -0.4 is 11.1 Å². The van der Waals surface area contributed by atoms with Crippen molar-refractivity contribution in [2.45, 2.75) is 65.0 Å². The summed E-state index contributed by atoms with van der Waals surface area (Å²) in [5.41, 5.74) is 5.49. The normalized spacial score (nSPS) is 12.0. The Bertz CT molecular complexity index is 198. The fourth-order valence-corrected chi connectivity index (χ4v) is 5.79. The molecule has 0 radical (unpaired) electrons. The molecule has 0 amide bonds. The third kappa shape index (κ3) is 9.88. The maximum absolute atomic E-state index is 6.22. The van der Waals surface area contributed by atoms with Gasteiger partial charge in [0.25, 0.3) is 0 Å². The summed E-state index contributed by atoms with van der Waals surface area (Å²) in [6.45, 7) is 11.1. The van der Waals surface area contributed by atoms with Crippen molar-refractivity contribution < 1.29 is 8.85 Å². The minimum Gasteiger partial charge on any atom is -0.394 e. The lowest BCUT2D eigenvalue weighted by molar-refractivity contribution is 0.166. The van der Waals surface area contributed by atoms with Crippen molar-refractivity contribution in [3.8, 4) is 0 Å². The van der Waals surface area contributed by atoms with E-state index in [0.717, 1.165) is 77.0 Å². The molecule has 5 heteroatoms. The Morgan fingerprint density at radius 2 is 1.45 bits per heavy atom. The van der Waals surface area contributed by atoms with Crippen LogP contribution in [0.1, 0.15) is 52.9 Å². The number of nitrogens with one attached hydrogen (secondary N) is 1. The molecule has 0 aliphatic rings. The fraction of sp³-hybridized carbons (Fsp3) is 1.00. The predicted molar refractivity (Wildman–Crippen MR) is 89.3 cm³/mol. The van der Waals surface area contributed by atoms with E-state index in [0.29, 0.717) is 0 Å². The highest BCUT2D eigenvalue weighted by Gasteiger charge is 2.35. The van der Waals surface area contributed by atoms with Gasteiger partial charge in [0.1, 0.15) is 0 Å². The van der Waals surface area contributed by atoms with Gasteiger partial charge in [0.05, 0.1) is 0 Å². The lowest BCUT2D eigenvalue weighted by atomic mass is 10.4. The van der Waals surface area contributed by atoms with Crippen LogP contribution in [0.4, 0.5) is 0 Å². The van der Waals surface area contributed by atoms with Gasteiger partial charge in [-0.3, -0.25) is 0 Å². The smallest absolute Gasteiger partial charge is 0.338 e. The predicted octanol–water partition coefficient (Wildman–Crippen LogP) is 3.02. The molecule has 0 heterocycles. The second-order valence-corrected chi connectivity index (χ2v) is 8.75. The van der Waals surface area contributed by atoms with Crippen molar-refractivity contribution >= 4 is 8.56 Å². The Morgan fingerprint density at radius 3 is 1.95 bits per heavy atom. The van der Waals surface area contributed by atoms with E-state index in [-0.39, 0.29) is 0 Å². The topological polar surface area (TPSA) is 56.5 Å². The lowest BCUT2D eigenvalue weighted by Crippen LogP contribution is -2.43. The summed E-state index contributed by atoms with van der Waals surface area (Å²) >= 11 is 0. The van der Waals surface area contributed by atoms with Gasteiger partial charge in [-0.15, -0.1) is 0 Å². The van der Waals surface area contributed by atoms with E-state index < -0.39 is 8.56 Å². The second kappa shape index (κ2) is 14.0. The zero-order valence-electron chi connectivity index (χ0n) is 13.9. The van der Waals surface area contributed by atoms with E-state index in [1.807, 2.05) is 0 Å². The van der Waals surface area contributed by atoms with Crippen LogP contribution in [0, 0.1) is 0 Å². The summed E-state index contributed by atoms with van der Waals surface area (Å²) in [7, 11) is -1.97. The molecule has 0 aromatic heterocycles. The summed E-state index contributed by atoms with van der Waals surface area (Å²) in [6, 6.07) is 2.23. The van der Waals surface area contributed by atoms with Gasteiger partial charge in [0.2, 0.25) is 0 Å². The Morgan fingerprint density at radius 1 is 0.850 bits per heavy atom. The quantitative estimate of drug-likeness (QED) is 0.361. The summed E-state index contributed by atoms with van der Waals surface area (Å²) in [5.74, 6) is 0. The zero-order chi connectivity index (χ0) is 15.1. The molecule has 0 aliphatic carbocycles. The Labute approximate surface area is 127 Å². The fourth-order valence-electron chi connectivity index (χ4n) is 2.25. The van der Waals surface area contributed by atoms with Crippen molar-refractivity contribution in [3.05, 3.63) is 0 Å². The highest BCUT2D eigenvalue weighted by atomic mass is 28.4. The van der Waals surface area contributed by atoms with Crippen molar-refractivity contribution in [1.82, 2.24) is 5.32 Å². The highest BCUT2D eigenvalue weighted by Crippen LogP contribution is 2.23. The van der Waals surface area contributed by atoms with E-state index in [2.05, 4.69) is 26.1 Å². The molecule has 3 N–H and O–H groups in total. The van der Waals surface area contributed by atoms with Gasteiger partial charge in [-0.05, 0) is 57.4 Å². The molecule has 0 unspecified atom stereocenters. The molecule has 4 nitrogen and oxygen atoms in total. The maximum Gasteiger partial charge on any atom is 0.338 e. The van der Waals surface area contributed by atoms with E-state index in [1.165, 1.54) is 0 Å². The van der Waals surface area contributed by atoms with Gasteiger partial charge >= 0.3 is 8.56 Å². The zero-order valence-corrected chi connectivity index (χ0v) is 14.9. The molecule has 0 aromatic carbocycles. The molecule has 20 heavy (non-hydrogen) atoms. The van der Waals surface area contributed by atoms with E-state index >= 15 is 0 Å². The molecular formula is C15H36N2O2Si. The molecule has 0 atom stereocenters. The van der Waals surface area contributed by atoms with Crippen LogP contribution in [0.25, 0.3) is 0 Å². The molecule has 0 aromatic rings. The second-order valence-electron chi connectivity index (χ2n) is 5.35. The monoisotopic (exact) mass is 304 g/mol. The van der Waals surface area contributed by atoms with Crippen LogP contribution >= 0.6 is 0 Å². The first-order chi connectivity index (χ1) is 9.74. The van der Waals surface area contributed by atoms with Crippen LogP contribution in [0.3, 0.4) is 0 Å². The van der Waals surface area contributed by atoms with Crippen molar-refractivity contribution in [3.63, 3.8) is 0 Å². The number of nitrogens with two attached hydrogens (primary N) is 1. The summed E-state index contributed by atoms with van der Waals surface area (Å²) in [4.78, 5) is 0. The van der Waals surface area contributed by atoms with Gasteiger partial charge in [-0.2, -0.15) is 0 Å². The number of rotatable bonds is 15. The van der Waals surface area contributed by atoms with Crippen LogP contribution in [0.5, 0.6) is 0 Å². The van der Waals surface area contributed by atoms with Gasteiger partial charge in [0, 0.05) is 13.2 Å². The molecule has 122 valence electrons. The van der Waals surface area contributed by atoms with Crippen molar-refractivity contribution in [2.75, 3.05) is 32.8 Å². The Kier molecular flexibility index (Phi) is 14.1. The summed E-state index contributed by atoms with van der Waals surface area (Å²) in [5, 5.41) is 3.44. The summed E-state index contributed by atoms with van der Waals surface area (Å²) < 4.78 is 12.4. The highest BCUT2D eigenvalue weighted by molar-refractivity contribution is 6.67. The minimum atomic E-state index is -1.97. The largest absolute Gasteiger partial charge is 0.394 e. The molecule has 0 saturated carbocycles. The number of hydrogen-bond acceptors (Lipinski definition) is 4. The standard InChI is InChI=1S/C15H36N2O2Si/c1-4-12-18-20(14-6-3,19-13-5-2)15-8-11-17-10-7-9-16/h17H,4-16H2,1-3H3. The van der Waals surface area contributed by atoms with Gasteiger partial charge in [-0.25, -0.2) is 0 Å². The van der Waals surface area contributed by atoms with Gasteiger partial charge < -0.3 is 19.9 Å². The third-order valence-electron chi connectivity index (χ3n) is 3.24. The third-order valence-corrected chi connectivity index (χ3v) is 7.08. The van der Waals surface area contributed by atoms with Crippen LogP contribution in [0.2, 0.25) is 12.1 Å². The average molecular weight is 305 g/mol. The van der Waals surface area contributed by atoms with Crippen molar-refractivity contribution in [1.29, 1.82) is 0 Å². The maximum atomic E-state index is 6.22. The Balaban J connectivity index is 4.17. The van der Waals surface area contributed by atoms with Crippen molar-refractivity contribution in [2.24, 2.45) is 5.73 Å². The molecule has 0 rings (SSSR count). The SMILES string of the molecule is CCCO[Si](CCC)(CCCNCCCN)OCCC. The van der Waals surface area contributed by atoms with E-state index in [4.69, 9.17) is 14.6 Å². The first kappa shape index (κ1) is 20.1. The molecule has 0 spiro atoms. The first-order valence-corrected chi connectivity index (χ1v) is 10.7. The lowest BCUT2D eigenvalue weighted by Gasteiger charge is -2.30. The first-order valence-electron chi connectivity index (χ1n) is 8.43. The molecular weight excluding hydrogens is 268 g/mol. The molecule has 0 saturated heterocycles. The van der Waals surface area contributed by atoms with Crippen LogP contribution in [-0.4, -0.2) is 41.4 Å². The minimum absolute atomic E-state index is 0.765. The van der Waals surface area contributed by atoms with Crippen LogP contribution in [-0.2, 0) is 8.85 Å². The molecule has 0 fully saturated rings. The van der Waals surface area contributed by atoms with Crippen LogP contribution in [0.15, 0.2) is 0 Å². The molecule has 0 bridgehead atoms. The number of hydrogen-bond donors (Lipinski definition) is 2.